The van der Waals surface area contributed by atoms with Gasteiger partial charge in [0.1, 0.15) is 5.82 Å². The Balaban J connectivity index is 2.56. The van der Waals surface area contributed by atoms with Gasteiger partial charge in [0, 0.05) is 11.3 Å². The Labute approximate surface area is 119 Å². The fourth-order valence-electron chi connectivity index (χ4n) is 2.24. The van der Waals surface area contributed by atoms with Gasteiger partial charge in [-0.05, 0) is 31.5 Å². The molecule has 0 N–H and O–H groups in total. The summed E-state index contributed by atoms with van der Waals surface area (Å²) in [5.41, 5.74) is 2.85. The minimum absolute atomic E-state index is 0.704. The molecular formula is C16H20N2O2. The first-order valence-electron chi connectivity index (χ1n) is 6.75. The fourth-order valence-corrected chi connectivity index (χ4v) is 2.24. The molecule has 1 aromatic carbocycles. The lowest BCUT2D eigenvalue weighted by molar-refractivity contribution is 0.356. The van der Waals surface area contributed by atoms with Crippen LogP contribution in [0.4, 0.5) is 0 Å². The standard InChI is InChI=1S/C16H20N2O2/c1-5-7-12-10-14(18-11(2)17-12)13-8-6-9-15(19-3)16(13)20-4/h6,8-10H,5,7H2,1-4H3. The third-order valence-electron chi connectivity index (χ3n) is 3.08. The van der Waals surface area contributed by atoms with Crippen molar-refractivity contribution in [3.8, 4) is 22.8 Å². The van der Waals surface area contributed by atoms with Crippen molar-refractivity contribution in [2.45, 2.75) is 26.7 Å². The van der Waals surface area contributed by atoms with Crippen molar-refractivity contribution >= 4 is 0 Å². The third-order valence-corrected chi connectivity index (χ3v) is 3.08. The molecule has 0 aliphatic carbocycles. The Morgan fingerprint density at radius 1 is 1.10 bits per heavy atom. The molecule has 0 unspecified atom stereocenters. The average molecular weight is 272 g/mol. The van der Waals surface area contributed by atoms with Crippen LogP contribution < -0.4 is 9.47 Å². The second-order valence-corrected chi connectivity index (χ2v) is 4.58. The van der Waals surface area contributed by atoms with Gasteiger partial charge in [-0.25, -0.2) is 9.97 Å². The van der Waals surface area contributed by atoms with Gasteiger partial charge in [-0.3, -0.25) is 0 Å². The van der Waals surface area contributed by atoms with E-state index in [-0.39, 0.29) is 0 Å². The Bertz CT molecular complexity index is 597. The Morgan fingerprint density at radius 2 is 1.90 bits per heavy atom. The second-order valence-electron chi connectivity index (χ2n) is 4.58. The Hall–Kier alpha value is -2.10. The van der Waals surface area contributed by atoms with E-state index in [0.29, 0.717) is 11.5 Å². The van der Waals surface area contributed by atoms with E-state index in [9.17, 15) is 0 Å². The van der Waals surface area contributed by atoms with Crippen LogP contribution in [0.25, 0.3) is 11.3 Å². The van der Waals surface area contributed by atoms with Gasteiger partial charge in [0.2, 0.25) is 0 Å². The van der Waals surface area contributed by atoms with E-state index in [0.717, 1.165) is 35.6 Å². The lowest BCUT2D eigenvalue weighted by Gasteiger charge is -2.13. The molecule has 4 heteroatoms. The molecule has 0 atom stereocenters. The van der Waals surface area contributed by atoms with E-state index >= 15 is 0 Å². The first kappa shape index (κ1) is 14.3. The van der Waals surface area contributed by atoms with Crippen molar-refractivity contribution in [2.75, 3.05) is 14.2 Å². The first-order chi connectivity index (χ1) is 9.69. The number of rotatable bonds is 5. The molecule has 1 heterocycles. The quantitative estimate of drug-likeness (QED) is 0.836. The molecule has 0 radical (unpaired) electrons. The summed E-state index contributed by atoms with van der Waals surface area (Å²) in [5.74, 6) is 2.18. The summed E-state index contributed by atoms with van der Waals surface area (Å²) < 4.78 is 10.8. The molecule has 0 saturated carbocycles. The zero-order valence-corrected chi connectivity index (χ0v) is 12.4. The van der Waals surface area contributed by atoms with Crippen molar-refractivity contribution in [1.29, 1.82) is 0 Å². The van der Waals surface area contributed by atoms with E-state index in [1.807, 2.05) is 31.2 Å². The molecule has 2 aromatic rings. The predicted octanol–water partition coefficient (Wildman–Crippen LogP) is 3.42. The van der Waals surface area contributed by atoms with Crippen LogP contribution in [0.2, 0.25) is 0 Å². The third kappa shape index (κ3) is 2.90. The number of aryl methyl sites for hydroxylation is 2. The van der Waals surface area contributed by atoms with Crippen LogP contribution in [-0.2, 0) is 6.42 Å². The van der Waals surface area contributed by atoms with Crippen molar-refractivity contribution in [3.63, 3.8) is 0 Å². The number of benzene rings is 1. The molecule has 2 rings (SSSR count). The summed E-state index contributed by atoms with van der Waals surface area (Å²) in [6.45, 7) is 4.05. The minimum Gasteiger partial charge on any atom is -0.493 e. The molecule has 0 fully saturated rings. The van der Waals surface area contributed by atoms with E-state index in [4.69, 9.17) is 9.47 Å². The molecule has 20 heavy (non-hydrogen) atoms. The summed E-state index contributed by atoms with van der Waals surface area (Å²) >= 11 is 0. The summed E-state index contributed by atoms with van der Waals surface area (Å²) in [4.78, 5) is 8.99. The SMILES string of the molecule is CCCc1cc(-c2cccc(OC)c2OC)nc(C)n1. The smallest absolute Gasteiger partial charge is 0.170 e. The van der Waals surface area contributed by atoms with Gasteiger partial charge >= 0.3 is 0 Å². The van der Waals surface area contributed by atoms with Gasteiger partial charge in [0.15, 0.2) is 11.5 Å². The number of aromatic nitrogens is 2. The largest absolute Gasteiger partial charge is 0.493 e. The number of hydrogen-bond acceptors (Lipinski definition) is 4. The summed E-state index contributed by atoms with van der Waals surface area (Å²) in [6.07, 6.45) is 2.01. The number of hydrogen-bond donors (Lipinski definition) is 0. The first-order valence-corrected chi connectivity index (χ1v) is 6.75. The van der Waals surface area contributed by atoms with Crippen LogP contribution >= 0.6 is 0 Å². The molecule has 0 aliphatic rings. The second kappa shape index (κ2) is 6.37. The number of para-hydroxylation sites is 1. The van der Waals surface area contributed by atoms with E-state index < -0.39 is 0 Å². The van der Waals surface area contributed by atoms with Gasteiger partial charge in [-0.2, -0.15) is 0 Å². The number of ether oxygens (including phenoxy) is 2. The highest BCUT2D eigenvalue weighted by Gasteiger charge is 2.13. The zero-order valence-electron chi connectivity index (χ0n) is 12.4. The van der Waals surface area contributed by atoms with Crippen molar-refractivity contribution < 1.29 is 9.47 Å². The lowest BCUT2D eigenvalue weighted by Crippen LogP contribution is -1.99. The highest BCUT2D eigenvalue weighted by Crippen LogP contribution is 2.37. The normalized spacial score (nSPS) is 10.4. The van der Waals surface area contributed by atoms with Crippen molar-refractivity contribution in [2.24, 2.45) is 0 Å². The molecule has 0 spiro atoms. The number of nitrogens with zero attached hydrogens (tertiary/aromatic N) is 2. The zero-order chi connectivity index (χ0) is 14.5. The molecule has 1 aromatic heterocycles. The molecule has 0 bridgehead atoms. The fraction of sp³-hybridized carbons (Fsp3) is 0.375. The monoisotopic (exact) mass is 272 g/mol. The lowest BCUT2D eigenvalue weighted by atomic mass is 10.1. The van der Waals surface area contributed by atoms with Gasteiger partial charge in [-0.1, -0.05) is 19.4 Å². The molecule has 0 aliphatic heterocycles. The van der Waals surface area contributed by atoms with Crippen LogP contribution in [-0.4, -0.2) is 24.2 Å². The maximum absolute atomic E-state index is 5.48. The summed E-state index contributed by atoms with van der Waals surface area (Å²) in [6, 6.07) is 7.82. The van der Waals surface area contributed by atoms with Crippen LogP contribution in [0.15, 0.2) is 24.3 Å². The van der Waals surface area contributed by atoms with Crippen LogP contribution in [0.5, 0.6) is 11.5 Å². The van der Waals surface area contributed by atoms with Gasteiger partial charge in [0.05, 0.1) is 19.9 Å². The molecule has 0 saturated heterocycles. The van der Waals surface area contributed by atoms with Gasteiger partial charge < -0.3 is 9.47 Å². The summed E-state index contributed by atoms with van der Waals surface area (Å²) in [7, 11) is 3.28. The maximum atomic E-state index is 5.48. The Kier molecular flexibility index (Phi) is 4.56. The van der Waals surface area contributed by atoms with Crippen molar-refractivity contribution in [3.05, 3.63) is 35.8 Å². The van der Waals surface area contributed by atoms with Crippen LogP contribution in [0, 0.1) is 6.92 Å². The van der Waals surface area contributed by atoms with Gasteiger partial charge in [-0.15, -0.1) is 0 Å². The predicted molar refractivity (Wildman–Crippen MR) is 79.3 cm³/mol. The molecule has 0 amide bonds. The van der Waals surface area contributed by atoms with Crippen LogP contribution in [0.3, 0.4) is 0 Å². The minimum atomic E-state index is 0.704. The van der Waals surface area contributed by atoms with E-state index in [2.05, 4.69) is 16.9 Å². The molecule has 106 valence electrons. The maximum Gasteiger partial charge on any atom is 0.170 e. The van der Waals surface area contributed by atoms with E-state index in [1.54, 1.807) is 14.2 Å². The van der Waals surface area contributed by atoms with Gasteiger partial charge in [0.25, 0.3) is 0 Å². The van der Waals surface area contributed by atoms with Crippen LogP contribution in [0.1, 0.15) is 24.9 Å². The average Bonchev–Trinajstić information content (AvgIpc) is 2.46. The topological polar surface area (TPSA) is 44.2 Å². The summed E-state index contributed by atoms with van der Waals surface area (Å²) in [5, 5.41) is 0. The highest BCUT2D eigenvalue weighted by molar-refractivity contribution is 5.71. The van der Waals surface area contributed by atoms with Crippen molar-refractivity contribution in [1.82, 2.24) is 9.97 Å². The Morgan fingerprint density at radius 3 is 2.55 bits per heavy atom. The van der Waals surface area contributed by atoms with E-state index in [1.165, 1.54) is 0 Å². The highest BCUT2D eigenvalue weighted by atomic mass is 16.5. The molecular weight excluding hydrogens is 252 g/mol. The molecule has 4 nitrogen and oxygen atoms in total. The number of methoxy groups -OCH3 is 2.